The van der Waals surface area contributed by atoms with Crippen LogP contribution in [0.2, 0.25) is 0 Å². The Balaban J connectivity index is 1.35. The third-order valence-electron chi connectivity index (χ3n) is 5.09. The maximum absolute atomic E-state index is 12.3. The second kappa shape index (κ2) is 7.32. The molecule has 8 heteroatoms. The number of amides is 2. The molecule has 0 aliphatic carbocycles. The predicted octanol–water partition coefficient (Wildman–Crippen LogP) is 3.07. The largest absolute Gasteiger partial charge is 0.355 e. The lowest BCUT2D eigenvalue weighted by atomic mass is 9.90. The molecule has 0 saturated carbocycles. The van der Waals surface area contributed by atoms with Gasteiger partial charge >= 0.3 is 0 Å². The fraction of sp³-hybridized carbons (Fsp3) is 0.0909. The van der Waals surface area contributed by atoms with E-state index in [1.807, 2.05) is 48.5 Å². The Morgan fingerprint density at radius 2 is 1.77 bits per heavy atom. The van der Waals surface area contributed by atoms with Crippen molar-refractivity contribution < 1.29 is 9.59 Å². The molecule has 1 unspecified atom stereocenters. The Morgan fingerprint density at radius 1 is 1.00 bits per heavy atom. The number of hydrogen-bond donors (Lipinski definition) is 4. The van der Waals surface area contributed by atoms with Gasteiger partial charge in [-0.2, -0.15) is 5.10 Å². The van der Waals surface area contributed by atoms with E-state index in [2.05, 4.69) is 31.5 Å². The summed E-state index contributed by atoms with van der Waals surface area (Å²) in [5.74, 6) is 0.0234. The van der Waals surface area contributed by atoms with Gasteiger partial charge in [-0.3, -0.25) is 9.59 Å². The van der Waals surface area contributed by atoms with Gasteiger partial charge in [-0.15, -0.1) is 0 Å². The maximum atomic E-state index is 12.3. The van der Waals surface area contributed by atoms with Crippen molar-refractivity contribution in [1.29, 1.82) is 0 Å². The maximum Gasteiger partial charge on any atom is 0.273 e. The summed E-state index contributed by atoms with van der Waals surface area (Å²) in [6, 6.07) is 18.4. The van der Waals surface area contributed by atoms with E-state index in [-0.39, 0.29) is 17.7 Å². The second-order valence-corrected chi connectivity index (χ2v) is 7.01. The number of carbonyl (C=O) groups is 2. The lowest BCUT2D eigenvalue weighted by Gasteiger charge is -2.24. The summed E-state index contributed by atoms with van der Waals surface area (Å²) in [7, 11) is 0. The summed E-state index contributed by atoms with van der Waals surface area (Å²) in [5, 5.41) is 13.2. The monoisotopic (exact) mass is 398 g/mol. The quantitative estimate of drug-likeness (QED) is 0.540. The molecule has 30 heavy (non-hydrogen) atoms. The minimum atomic E-state index is -0.222. The first kappa shape index (κ1) is 17.9. The van der Waals surface area contributed by atoms with Crippen LogP contribution in [-0.4, -0.2) is 29.1 Å². The van der Waals surface area contributed by atoms with Crippen LogP contribution in [0, 0.1) is 0 Å². The Labute approximate surface area is 172 Å². The molecule has 2 amide bonds. The number of nitrogens with zero attached hydrogens (tertiary/aromatic N) is 2. The van der Waals surface area contributed by atoms with Crippen LogP contribution in [0.3, 0.4) is 0 Å². The van der Waals surface area contributed by atoms with E-state index in [0.717, 1.165) is 16.9 Å². The van der Waals surface area contributed by atoms with Gasteiger partial charge in [0.05, 0.1) is 5.92 Å². The van der Waals surface area contributed by atoms with Crippen molar-refractivity contribution in [2.24, 2.45) is 5.10 Å². The van der Waals surface area contributed by atoms with E-state index in [1.165, 1.54) is 0 Å². The van der Waals surface area contributed by atoms with Crippen molar-refractivity contribution in [3.63, 3.8) is 0 Å². The molecule has 2 aliphatic rings. The summed E-state index contributed by atoms with van der Waals surface area (Å²) in [6.45, 7) is 0.556. The number of nitrogens with one attached hydrogen (secondary N) is 4. The number of carbonyl (C=O) groups excluding carboxylic acids is 2. The van der Waals surface area contributed by atoms with Crippen LogP contribution in [0.4, 0.5) is 22.9 Å². The Morgan fingerprint density at radius 3 is 2.57 bits per heavy atom. The molecule has 3 heterocycles. The van der Waals surface area contributed by atoms with Gasteiger partial charge in [-0.25, -0.2) is 4.98 Å². The summed E-state index contributed by atoms with van der Waals surface area (Å²) >= 11 is 0. The van der Waals surface area contributed by atoms with Crippen LogP contribution in [-0.2, 0) is 4.79 Å². The fourth-order valence-electron chi connectivity index (χ4n) is 3.64. The van der Waals surface area contributed by atoms with Gasteiger partial charge in [-0.1, -0.05) is 18.2 Å². The first-order valence-electron chi connectivity index (χ1n) is 9.53. The first-order valence-corrected chi connectivity index (χ1v) is 9.53. The van der Waals surface area contributed by atoms with Crippen LogP contribution in [0.1, 0.15) is 21.8 Å². The third-order valence-corrected chi connectivity index (χ3v) is 5.09. The number of rotatable bonds is 4. The van der Waals surface area contributed by atoms with E-state index in [0.29, 0.717) is 29.3 Å². The van der Waals surface area contributed by atoms with Crippen molar-refractivity contribution in [2.45, 2.75) is 5.92 Å². The summed E-state index contributed by atoms with van der Waals surface area (Å²) < 4.78 is 0. The average Bonchev–Trinajstić information content (AvgIpc) is 3.26. The molecule has 148 valence electrons. The number of hydrogen-bond acceptors (Lipinski definition) is 6. The van der Waals surface area contributed by atoms with Gasteiger partial charge in [0.25, 0.3) is 11.8 Å². The Bertz CT molecular complexity index is 1160. The smallest absolute Gasteiger partial charge is 0.273 e. The molecule has 2 aromatic carbocycles. The number of aromatic nitrogens is 1. The van der Waals surface area contributed by atoms with E-state index in [4.69, 9.17) is 0 Å². The molecule has 0 radical (unpaired) electrons. The van der Waals surface area contributed by atoms with E-state index < -0.39 is 0 Å². The molecule has 0 bridgehead atoms. The molecule has 0 fully saturated rings. The standard InChI is InChI=1S/C22H18N6O2/c29-21(13-4-2-1-3-5-13)26-15-8-6-14(7-9-15)25-17-10-11-23-20-18(17)16-12-24-28-19(16)22(30)27-20/h1-11,16,24H,12H2,(H,26,29)(H2,23,25,27,30). The van der Waals surface area contributed by atoms with E-state index in [1.54, 1.807) is 18.3 Å². The van der Waals surface area contributed by atoms with Crippen LogP contribution >= 0.6 is 0 Å². The van der Waals surface area contributed by atoms with Crippen LogP contribution < -0.4 is 21.4 Å². The molecule has 1 aromatic heterocycles. The van der Waals surface area contributed by atoms with Gasteiger partial charge in [0, 0.05) is 40.9 Å². The number of anilines is 4. The highest BCUT2D eigenvalue weighted by Gasteiger charge is 2.37. The zero-order valence-corrected chi connectivity index (χ0v) is 15.8. The average molecular weight is 398 g/mol. The van der Waals surface area contributed by atoms with Gasteiger partial charge in [0.2, 0.25) is 0 Å². The second-order valence-electron chi connectivity index (χ2n) is 7.01. The van der Waals surface area contributed by atoms with Gasteiger partial charge in [0.15, 0.2) is 0 Å². The highest BCUT2D eigenvalue weighted by atomic mass is 16.2. The van der Waals surface area contributed by atoms with Crippen LogP contribution in [0.15, 0.2) is 72.0 Å². The van der Waals surface area contributed by atoms with E-state index >= 15 is 0 Å². The summed E-state index contributed by atoms with van der Waals surface area (Å²) in [5.41, 5.74) is 7.28. The van der Waals surface area contributed by atoms with Crippen molar-refractivity contribution in [1.82, 2.24) is 10.4 Å². The third kappa shape index (κ3) is 3.24. The van der Waals surface area contributed by atoms with E-state index in [9.17, 15) is 9.59 Å². The minimum absolute atomic E-state index is 0.144. The van der Waals surface area contributed by atoms with Crippen molar-refractivity contribution in [3.05, 3.63) is 78.0 Å². The normalized spacial score (nSPS) is 16.5. The Kier molecular flexibility index (Phi) is 4.36. The van der Waals surface area contributed by atoms with Crippen LogP contribution in [0.25, 0.3) is 0 Å². The minimum Gasteiger partial charge on any atom is -0.355 e. The molecule has 0 spiro atoms. The van der Waals surface area contributed by atoms with Crippen LogP contribution in [0.5, 0.6) is 0 Å². The molecule has 0 saturated heterocycles. The molecule has 1 atom stereocenters. The number of pyridine rings is 1. The van der Waals surface area contributed by atoms with Crippen molar-refractivity contribution >= 4 is 40.4 Å². The predicted molar refractivity (Wildman–Crippen MR) is 115 cm³/mol. The van der Waals surface area contributed by atoms with Gasteiger partial charge in [0.1, 0.15) is 11.5 Å². The zero-order chi connectivity index (χ0) is 20.5. The molecule has 2 aliphatic heterocycles. The van der Waals surface area contributed by atoms with Gasteiger partial charge in [-0.05, 0) is 42.5 Å². The fourth-order valence-corrected chi connectivity index (χ4v) is 3.64. The molecular formula is C22H18N6O2. The molecule has 5 rings (SSSR count). The number of hydrazone groups is 1. The number of benzene rings is 2. The lowest BCUT2D eigenvalue weighted by molar-refractivity contribution is -0.110. The van der Waals surface area contributed by atoms with Gasteiger partial charge < -0.3 is 21.4 Å². The van der Waals surface area contributed by atoms with Crippen molar-refractivity contribution in [3.8, 4) is 0 Å². The molecule has 3 aromatic rings. The molecule has 4 N–H and O–H groups in total. The lowest BCUT2D eigenvalue weighted by Crippen LogP contribution is -2.34. The Hall–Kier alpha value is -4.20. The molecule has 8 nitrogen and oxygen atoms in total. The zero-order valence-electron chi connectivity index (χ0n) is 15.8. The molecular weight excluding hydrogens is 380 g/mol. The highest BCUT2D eigenvalue weighted by molar-refractivity contribution is 6.47. The highest BCUT2D eigenvalue weighted by Crippen LogP contribution is 2.37. The summed E-state index contributed by atoms with van der Waals surface area (Å²) in [6.07, 6.45) is 1.65. The first-order chi connectivity index (χ1) is 14.7. The SMILES string of the molecule is O=C1Nc2nccc(Nc3ccc(NC(=O)c4ccccc4)cc3)c2C2CNN=C12. The van der Waals surface area contributed by atoms with Crippen molar-refractivity contribution in [2.75, 3.05) is 22.5 Å². The summed E-state index contributed by atoms with van der Waals surface area (Å²) in [4.78, 5) is 28.8. The topological polar surface area (TPSA) is 108 Å². The number of fused-ring (bicyclic) bond motifs is 3.